The topological polar surface area (TPSA) is 81.4 Å². The van der Waals surface area contributed by atoms with E-state index in [1.54, 1.807) is 41.3 Å². The molecule has 160 valence electrons. The van der Waals surface area contributed by atoms with Gasteiger partial charge in [-0.15, -0.1) is 0 Å². The first kappa shape index (κ1) is 20.9. The Morgan fingerprint density at radius 1 is 1.06 bits per heavy atom. The molecular weight excluding hydrogens is 416 g/mol. The number of carbonyl (C=O) groups is 1. The fourth-order valence-electron chi connectivity index (χ4n) is 2.94. The highest BCUT2D eigenvalue weighted by atomic mass is 19.3. The predicted molar refractivity (Wildman–Crippen MR) is 115 cm³/mol. The summed E-state index contributed by atoms with van der Waals surface area (Å²) < 4.78 is 30.9. The number of hydrogen-bond acceptors (Lipinski definition) is 5. The molecule has 1 amide bonds. The third kappa shape index (κ3) is 5.01. The van der Waals surface area contributed by atoms with Gasteiger partial charge in [-0.2, -0.15) is 19.0 Å². The summed E-state index contributed by atoms with van der Waals surface area (Å²) in [7, 11) is 0. The first-order valence-corrected chi connectivity index (χ1v) is 9.54. The van der Waals surface area contributed by atoms with Crippen molar-refractivity contribution in [3.8, 4) is 22.7 Å². The molecule has 0 fully saturated rings. The molecule has 4 aromatic rings. The summed E-state index contributed by atoms with van der Waals surface area (Å²) >= 11 is 0. The summed E-state index contributed by atoms with van der Waals surface area (Å²) in [4.78, 5) is 16.1. The molecule has 7 nitrogen and oxygen atoms in total. The summed E-state index contributed by atoms with van der Waals surface area (Å²) in [5, 5.41) is 8.65. The van der Waals surface area contributed by atoms with E-state index >= 15 is 0 Å². The van der Waals surface area contributed by atoms with Gasteiger partial charge in [0.25, 0.3) is 5.91 Å². The minimum absolute atomic E-state index is 0.0465. The molecule has 0 saturated carbocycles. The van der Waals surface area contributed by atoms with Crippen LogP contribution >= 0.6 is 0 Å². The van der Waals surface area contributed by atoms with E-state index in [2.05, 4.69) is 25.3 Å². The summed E-state index contributed by atoms with van der Waals surface area (Å²) in [6.07, 6.45) is 6.24. The van der Waals surface area contributed by atoms with Crippen LogP contribution in [0.5, 0.6) is 5.75 Å². The van der Waals surface area contributed by atoms with Crippen LogP contribution in [0.3, 0.4) is 0 Å². The van der Waals surface area contributed by atoms with Crippen LogP contribution in [0.15, 0.2) is 90.4 Å². The Bertz CT molecular complexity index is 1210. The highest BCUT2D eigenvalue weighted by Gasteiger charge is 2.13. The zero-order valence-corrected chi connectivity index (χ0v) is 16.6. The van der Waals surface area contributed by atoms with E-state index in [9.17, 15) is 13.6 Å². The summed E-state index contributed by atoms with van der Waals surface area (Å²) in [5.74, 6) is -0.356. The van der Waals surface area contributed by atoms with E-state index < -0.39 is 12.5 Å². The van der Waals surface area contributed by atoms with Gasteiger partial charge in [-0.25, -0.2) is 10.1 Å². The Morgan fingerprint density at radius 2 is 1.84 bits per heavy atom. The van der Waals surface area contributed by atoms with Crippen molar-refractivity contribution in [2.75, 3.05) is 0 Å². The number of hydrazone groups is 1. The molecule has 0 aliphatic rings. The maximum atomic E-state index is 12.4. The van der Waals surface area contributed by atoms with Gasteiger partial charge in [-0.1, -0.05) is 18.2 Å². The Labute approximate surface area is 182 Å². The number of alkyl halides is 2. The molecule has 2 aromatic heterocycles. The predicted octanol–water partition coefficient (Wildman–Crippen LogP) is 4.30. The normalized spacial score (nSPS) is 11.1. The van der Waals surface area contributed by atoms with Gasteiger partial charge in [0, 0.05) is 29.7 Å². The van der Waals surface area contributed by atoms with Gasteiger partial charge in [-0.3, -0.25) is 9.78 Å². The Balaban J connectivity index is 1.62. The van der Waals surface area contributed by atoms with Crippen LogP contribution in [-0.2, 0) is 0 Å². The molecule has 0 spiro atoms. The minimum Gasteiger partial charge on any atom is -0.435 e. The molecule has 9 heteroatoms. The van der Waals surface area contributed by atoms with Gasteiger partial charge in [0.2, 0.25) is 0 Å². The average Bonchev–Trinajstić information content (AvgIpc) is 3.24. The van der Waals surface area contributed by atoms with E-state index in [0.717, 1.165) is 5.69 Å². The zero-order chi connectivity index (χ0) is 22.3. The molecule has 0 bridgehead atoms. The Morgan fingerprint density at radius 3 is 2.53 bits per heavy atom. The van der Waals surface area contributed by atoms with E-state index in [1.165, 1.54) is 24.5 Å². The lowest BCUT2D eigenvalue weighted by Crippen LogP contribution is -2.17. The van der Waals surface area contributed by atoms with Crippen LogP contribution in [0.1, 0.15) is 15.9 Å². The van der Waals surface area contributed by atoms with Gasteiger partial charge >= 0.3 is 6.61 Å². The molecule has 0 aliphatic heterocycles. The number of para-hydroxylation sites is 1. The molecule has 0 radical (unpaired) electrons. The van der Waals surface area contributed by atoms with Crippen molar-refractivity contribution in [2.45, 2.75) is 6.61 Å². The van der Waals surface area contributed by atoms with Crippen molar-refractivity contribution in [2.24, 2.45) is 5.10 Å². The maximum Gasteiger partial charge on any atom is 0.387 e. The number of nitrogens with zero attached hydrogens (tertiary/aromatic N) is 4. The quantitative estimate of drug-likeness (QED) is 0.348. The number of halogens is 2. The second-order valence-electron chi connectivity index (χ2n) is 6.56. The molecule has 0 aliphatic carbocycles. The van der Waals surface area contributed by atoms with Crippen LogP contribution in [-0.4, -0.2) is 33.5 Å². The number of ether oxygens (including phenoxy) is 1. The lowest BCUT2D eigenvalue weighted by molar-refractivity contribution is -0.0498. The number of aromatic nitrogens is 3. The van der Waals surface area contributed by atoms with E-state index in [1.807, 2.05) is 30.3 Å². The molecular formula is C23H17F2N5O2. The molecule has 1 N–H and O–H groups in total. The molecule has 32 heavy (non-hydrogen) atoms. The highest BCUT2D eigenvalue weighted by Crippen LogP contribution is 2.25. The monoisotopic (exact) mass is 433 g/mol. The number of pyridine rings is 1. The molecule has 4 rings (SSSR count). The van der Waals surface area contributed by atoms with Crippen LogP contribution in [0.25, 0.3) is 16.9 Å². The third-order valence-electron chi connectivity index (χ3n) is 4.41. The van der Waals surface area contributed by atoms with Crippen molar-refractivity contribution in [3.05, 3.63) is 96.4 Å². The second kappa shape index (κ2) is 9.61. The number of nitrogens with one attached hydrogen (secondary N) is 1. The molecule has 2 aromatic carbocycles. The standard InChI is InChI=1S/C23H17F2N5O2/c24-23(25)32-20-10-8-16(9-11-20)21-18(15-30(29-21)19-6-2-1-3-7-19)14-27-28-22(31)17-5-4-12-26-13-17/h1-15,23H,(H,28,31). The Kier molecular flexibility index (Phi) is 6.26. The van der Waals surface area contributed by atoms with Gasteiger partial charge in [0.1, 0.15) is 11.4 Å². The number of rotatable bonds is 7. The lowest BCUT2D eigenvalue weighted by Gasteiger charge is -2.05. The van der Waals surface area contributed by atoms with Crippen LogP contribution < -0.4 is 10.2 Å². The van der Waals surface area contributed by atoms with Crippen molar-refractivity contribution >= 4 is 12.1 Å². The minimum atomic E-state index is -2.90. The Hall–Kier alpha value is -4.40. The lowest BCUT2D eigenvalue weighted by atomic mass is 10.1. The van der Waals surface area contributed by atoms with Crippen LogP contribution in [0, 0.1) is 0 Å². The number of hydrogen-bond donors (Lipinski definition) is 1. The summed E-state index contributed by atoms with van der Waals surface area (Å²) in [6.45, 7) is -2.90. The SMILES string of the molecule is O=C(NN=Cc1cn(-c2ccccc2)nc1-c1ccc(OC(F)F)cc1)c1cccnc1. The van der Waals surface area contributed by atoms with E-state index in [-0.39, 0.29) is 5.75 Å². The smallest absolute Gasteiger partial charge is 0.387 e. The van der Waals surface area contributed by atoms with Gasteiger partial charge in [0.05, 0.1) is 17.5 Å². The van der Waals surface area contributed by atoms with Crippen molar-refractivity contribution in [1.82, 2.24) is 20.2 Å². The van der Waals surface area contributed by atoms with Crippen molar-refractivity contribution in [3.63, 3.8) is 0 Å². The largest absolute Gasteiger partial charge is 0.435 e. The van der Waals surface area contributed by atoms with Gasteiger partial charge in [0.15, 0.2) is 0 Å². The number of benzene rings is 2. The van der Waals surface area contributed by atoms with Crippen molar-refractivity contribution < 1.29 is 18.3 Å². The first-order chi connectivity index (χ1) is 15.6. The van der Waals surface area contributed by atoms with Gasteiger partial charge < -0.3 is 4.74 Å². The van der Waals surface area contributed by atoms with E-state index in [4.69, 9.17) is 0 Å². The fraction of sp³-hybridized carbons (Fsp3) is 0.0435. The summed E-state index contributed by atoms with van der Waals surface area (Å²) in [5.41, 5.74) is 5.49. The first-order valence-electron chi connectivity index (χ1n) is 9.54. The zero-order valence-electron chi connectivity index (χ0n) is 16.6. The maximum absolute atomic E-state index is 12.4. The highest BCUT2D eigenvalue weighted by molar-refractivity contribution is 5.95. The number of carbonyl (C=O) groups excluding carboxylic acids is 1. The van der Waals surface area contributed by atoms with Crippen LogP contribution in [0.2, 0.25) is 0 Å². The number of amides is 1. The van der Waals surface area contributed by atoms with Crippen molar-refractivity contribution in [1.29, 1.82) is 0 Å². The van der Waals surface area contributed by atoms with Crippen LogP contribution in [0.4, 0.5) is 8.78 Å². The molecule has 0 saturated heterocycles. The van der Waals surface area contributed by atoms with E-state index in [0.29, 0.717) is 22.4 Å². The molecule has 2 heterocycles. The second-order valence-corrected chi connectivity index (χ2v) is 6.56. The molecule has 0 unspecified atom stereocenters. The summed E-state index contributed by atoms with van der Waals surface area (Å²) in [6, 6.07) is 18.9. The molecule has 0 atom stereocenters. The fourth-order valence-corrected chi connectivity index (χ4v) is 2.94. The third-order valence-corrected chi connectivity index (χ3v) is 4.41. The average molecular weight is 433 g/mol. The van der Waals surface area contributed by atoms with Gasteiger partial charge in [-0.05, 0) is 48.5 Å².